The van der Waals surface area contributed by atoms with E-state index >= 15 is 0 Å². The highest BCUT2D eigenvalue weighted by molar-refractivity contribution is 7.92. The zero-order valence-electron chi connectivity index (χ0n) is 20.4. The van der Waals surface area contributed by atoms with Crippen molar-refractivity contribution in [1.82, 2.24) is 10.2 Å². The second-order valence-electron chi connectivity index (χ2n) is 8.82. The highest BCUT2D eigenvalue weighted by atomic mass is 35.5. The Hall–Kier alpha value is -2.58. The van der Waals surface area contributed by atoms with Crippen molar-refractivity contribution in [3.05, 3.63) is 64.7 Å². The van der Waals surface area contributed by atoms with E-state index in [4.69, 9.17) is 11.6 Å². The number of halogens is 1. The summed E-state index contributed by atoms with van der Waals surface area (Å²) in [5.74, 6) is -0.463. The smallest absolute Gasteiger partial charge is 0.244 e. The maximum absolute atomic E-state index is 13.6. The Morgan fingerprint density at radius 2 is 1.62 bits per heavy atom. The topological polar surface area (TPSA) is 86.8 Å². The Kier molecular flexibility index (Phi) is 9.94. The van der Waals surface area contributed by atoms with Gasteiger partial charge in [-0.05, 0) is 49.1 Å². The first-order valence-electron chi connectivity index (χ1n) is 11.3. The van der Waals surface area contributed by atoms with E-state index in [1.54, 1.807) is 24.3 Å². The van der Waals surface area contributed by atoms with E-state index in [1.165, 1.54) is 4.90 Å². The second-order valence-corrected chi connectivity index (χ2v) is 11.2. The zero-order valence-corrected chi connectivity index (χ0v) is 22.0. The minimum absolute atomic E-state index is 0.185. The molecular weight excluding hydrogens is 474 g/mol. The largest absolute Gasteiger partial charge is 0.354 e. The first-order chi connectivity index (χ1) is 15.9. The standard InChI is InChI=1S/C25H34ClN3O4S/c1-6-23(25(31)27-15-18(2)3)28(16-20-9-7-19(4)8-10-20)24(30)17-29(34(5,32)33)22-13-11-21(26)12-14-22/h7-14,18,23H,6,15-17H2,1-5H3,(H,27,31). The summed E-state index contributed by atoms with van der Waals surface area (Å²) in [5, 5.41) is 3.36. The van der Waals surface area contributed by atoms with Gasteiger partial charge in [0.25, 0.3) is 0 Å². The molecule has 0 aliphatic rings. The summed E-state index contributed by atoms with van der Waals surface area (Å²) in [7, 11) is -3.77. The molecular formula is C25H34ClN3O4S. The van der Waals surface area contributed by atoms with Gasteiger partial charge in [0.05, 0.1) is 11.9 Å². The minimum atomic E-state index is -3.77. The lowest BCUT2D eigenvalue weighted by molar-refractivity contribution is -0.140. The molecule has 2 amide bonds. The van der Waals surface area contributed by atoms with Gasteiger partial charge in [-0.3, -0.25) is 13.9 Å². The predicted octanol–water partition coefficient (Wildman–Crippen LogP) is 3.99. The van der Waals surface area contributed by atoms with Crippen molar-refractivity contribution in [1.29, 1.82) is 0 Å². The number of hydrogen-bond donors (Lipinski definition) is 1. The Morgan fingerprint density at radius 3 is 2.12 bits per heavy atom. The van der Waals surface area contributed by atoms with Gasteiger partial charge in [0.1, 0.15) is 12.6 Å². The number of anilines is 1. The van der Waals surface area contributed by atoms with Crippen LogP contribution in [0.1, 0.15) is 38.3 Å². The molecule has 0 aromatic heterocycles. The van der Waals surface area contributed by atoms with Crippen molar-refractivity contribution in [3.63, 3.8) is 0 Å². The molecule has 186 valence electrons. The van der Waals surface area contributed by atoms with Gasteiger partial charge in [-0.1, -0.05) is 62.2 Å². The van der Waals surface area contributed by atoms with Crippen LogP contribution in [0.4, 0.5) is 5.69 Å². The molecule has 34 heavy (non-hydrogen) atoms. The Balaban J connectivity index is 2.39. The average Bonchev–Trinajstić information content (AvgIpc) is 2.77. The number of amides is 2. The molecule has 0 radical (unpaired) electrons. The van der Waals surface area contributed by atoms with Gasteiger partial charge in [0.15, 0.2) is 0 Å². The fraction of sp³-hybridized carbons (Fsp3) is 0.440. The van der Waals surface area contributed by atoms with Gasteiger partial charge in [0.2, 0.25) is 21.8 Å². The third-order valence-corrected chi connectivity index (χ3v) is 6.73. The third kappa shape index (κ3) is 8.02. The monoisotopic (exact) mass is 507 g/mol. The van der Waals surface area contributed by atoms with Crippen LogP contribution in [0.3, 0.4) is 0 Å². The molecule has 1 atom stereocenters. The van der Waals surface area contributed by atoms with Crippen molar-refractivity contribution in [2.24, 2.45) is 5.92 Å². The molecule has 1 unspecified atom stereocenters. The van der Waals surface area contributed by atoms with E-state index in [0.29, 0.717) is 23.7 Å². The molecule has 1 N–H and O–H groups in total. The Morgan fingerprint density at radius 1 is 1.03 bits per heavy atom. The number of nitrogens with zero attached hydrogens (tertiary/aromatic N) is 2. The molecule has 0 heterocycles. The summed E-state index contributed by atoms with van der Waals surface area (Å²) >= 11 is 5.95. The molecule has 0 aliphatic heterocycles. The van der Waals surface area contributed by atoms with Crippen LogP contribution in [0.15, 0.2) is 48.5 Å². The molecule has 2 aromatic carbocycles. The lowest BCUT2D eigenvalue weighted by atomic mass is 10.1. The first-order valence-corrected chi connectivity index (χ1v) is 13.5. The van der Waals surface area contributed by atoms with E-state index < -0.39 is 28.5 Å². The van der Waals surface area contributed by atoms with E-state index in [0.717, 1.165) is 21.7 Å². The van der Waals surface area contributed by atoms with Crippen molar-refractivity contribution in [2.75, 3.05) is 23.7 Å². The normalized spacial score (nSPS) is 12.3. The van der Waals surface area contributed by atoms with Crippen LogP contribution in [-0.4, -0.2) is 50.5 Å². The fourth-order valence-electron chi connectivity index (χ4n) is 3.45. The van der Waals surface area contributed by atoms with Crippen LogP contribution < -0.4 is 9.62 Å². The molecule has 0 saturated carbocycles. The summed E-state index contributed by atoms with van der Waals surface area (Å²) in [6, 6.07) is 13.2. The van der Waals surface area contributed by atoms with Crippen LogP contribution in [0.25, 0.3) is 0 Å². The summed E-state index contributed by atoms with van der Waals surface area (Å²) in [4.78, 5) is 28.0. The minimum Gasteiger partial charge on any atom is -0.354 e. The fourth-order valence-corrected chi connectivity index (χ4v) is 4.43. The maximum atomic E-state index is 13.6. The highest BCUT2D eigenvalue weighted by Gasteiger charge is 2.31. The molecule has 0 saturated heterocycles. The van der Waals surface area contributed by atoms with E-state index in [9.17, 15) is 18.0 Å². The van der Waals surface area contributed by atoms with Crippen LogP contribution in [-0.2, 0) is 26.2 Å². The number of hydrogen-bond acceptors (Lipinski definition) is 4. The SMILES string of the molecule is CCC(C(=O)NCC(C)C)N(Cc1ccc(C)cc1)C(=O)CN(c1ccc(Cl)cc1)S(C)(=O)=O. The number of nitrogens with one attached hydrogen (secondary N) is 1. The molecule has 0 spiro atoms. The molecule has 0 bridgehead atoms. The Bertz CT molecular complexity index is 1070. The lowest BCUT2D eigenvalue weighted by Gasteiger charge is -2.33. The van der Waals surface area contributed by atoms with E-state index in [2.05, 4.69) is 5.32 Å². The van der Waals surface area contributed by atoms with Crippen LogP contribution in [0.5, 0.6) is 0 Å². The van der Waals surface area contributed by atoms with E-state index in [1.807, 2.05) is 52.0 Å². The number of aryl methyl sites for hydroxylation is 1. The molecule has 0 aliphatic carbocycles. The van der Waals surface area contributed by atoms with Gasteiger partial charge in [-0.2, -0.15) is 0 Å². The van der Waals surface area contributed by atoms with Crippen LogP contribution in [0.2, 0.25) is 5.02 Å². The maximum Gasteiger partial charge on any atom is 0.244 e. The second kappa shape index (κ2) is 12.2. The average molecular weight is 508 g/mol. The third-order valence-electron chi connectivity index (χ3n) is 5.34. The summed E-state index contributed by atoms with van der Waals surface area (Å²) < 4.78 is 26.2. The molecule has 0 fully saturated rings. The summed E-state index contributed by atoms with van der Waals surface area (Å²) in [6.07, 6.45) is 1.44. The number of sulfonamides is 1. The highest BCUT2D eigenvalue weighted by Crippen LogP contribution is 2.22. The Labute approximate surface area is 208 Å². The number of carbonyl (C=O) groups is 2. The molecule has 9 heteroatoms. The van der Waals surface area contributed by atoms with E-state index in [-0.39, 0.29) is 18.4 Å². The van der Waals surface area contributed by atoms with Crippen molar-refractivity contribution in [2.45, 2.75) is 46.7 Å². The lowest BCUT2D eigenvalue weighted by Crippen LogP contribution is -2.52. The van der Waals surface area contributed by atoms with Gasteiger partial charge < -0.3 is 10.2 Å². The first kappa shape index (κ1) is 27.7. The van der Waals surface area contributed by atoms with Crippen LogP contribution in [0, 0.1) is 12.8 Å². The molecule has 7 nitrogen and oxygen atoms in total. The van der Waals surface area contributed by atoms with Gasteiger partial charge in [-0.25, -0.2) is 8.42 Å². The predicted molar refractivity (Wildman–Crippen MR) is 137 cm³/mol. The quantitative estimate of drug-likeness (QED) is 0.498. The summed E-state index contributed by atoms with van der Waals surface area (Å²) in [6.45, 7) is 8.03. The van der Waals surface area contributed by atoms with Crippen molar-refractivity contribution < 1.29 is 18.0 Å². The van der Waals surface area contributed by atoms with Crippen molar-refractivity contribution in [3.8, 4) is 0 Å². The van der Waals surface area contributed by atoms with Gasteiger partial charge >= 0.3 is 0 Å². The number of carbonyl (C=O) groups excluding carboxylic acids is 2. The summed E-state index contributed by atoms with van der Waals surface area (Å²) in [5.41, 5.74) is 2.26. The molecule has 2 aromatic rings. The number of benzene rings is 2. The van der Waals surface area contributed by atoms with Gasteiger partial charge in [-0.15, -0.1) is 0 Å². The van der Waals surface area contributed by atoms with Crippen molar-refractivity contribution >= 4 is 39.1 Å². The van der Waals surface area contributed by atoms with Crippen LogP contribution >= 0.6 is 11.6 Å². The molecule has 2 rings (SSSR count). The number of rotatable bonds is 11. The zero-order chi connectivity index (χ0) is 25.5. The van der Waals surface area contributed by atoms with Gasteiger partial charge in [0, 0.05) is 18.1 Å².